The van der Waals surface area contributed by atoms with E-state index in [-0.39, 0.29) is 0 Å². The number of hydrogen-bond acceptors (Lipinski definition) is 4. The molecule has 0 aromatic carbocycles. The fraction of sp³-hybridized carbons (Fsp3) is 0. The van der Waals surface area contributed by atoms with Gasteiger partial charge in [-0.05, 0) is 12.1 Å². The number of nitrogens with two attached hydrogens (primary N) is 1. The van der Waals surface area contributed by atoms with Crippen LogP contribution in [0.1, 0.15) is 0 Å². The third-order valence-electron chi connectivity index (χ3n) is 1.62. The van der Waals surface area contributed by atoms with Crippen LogP contribution in [0, 0.1) is 0 Å². The van der Waals surface area contributed by atoms with Gasteiger partial charge in [0.05, 0.1) is 0 Å². The van der Waals surface area contributed by atoms with Gasteiger partial charge >= 0.3 is 6.03 Å². The molecule has 6 heteroatoms. The van der Waals surface area contributed by atoms with E-state index in [2.05, 4.69) is 20.3 Å². The molecule has 0 saturated heterocycles. The molecule has 2 aromatic heterocycles. The first-order valence-corrected chi connectivity index (χ1v) is 3.89. The molecule has 0 atom stereocenters. The Hall–Kier alpha value is -2.24. The number of aromatic nitrogens is 3. The number of carbonyl (C=O) groups excluding carboxylic acids is 1. The van der Waals surface area contributed by atoms with E-state index in [4.69, 9.17) is 5.73 Å². The molecule has 2 amide bonds. The lowest BCUT2D eigenvalue weighted by atomic mass is 10.3. The van der Waals surface area contributed by atoms with Crippen LogP contribution in [-0.4, -0.2) is 21.0 Å². The molecule has 2 rings (SSSR count). The third kappa shape index (κ3) is 1.58. The lowest BCUT2D eigenvalue weighted by Crippen LogP contribution is -2.19. The van der Waals surface area contributed by atoms with Gasteiger partial charge in [-0.25, -0.2) is 19.7 Å². The maximum Gasteiger partial charge on any atom is 0.317 e. The standard InChI is InChI=1S/C8H7N5O/c9-8(14)13-6-2-1-5-3-10-4-11-7(5)12-6/h1-4H,(H3,9,10,11,12,13,14). The number of nitrogens with one attached hydrogen (secondary N) is 1. The average molecular weight is 189 g/mol. The number of primary amides is 1. The third-order valence-corrected chi connectivity index (χ3v) is 1.62. The van der Waals surface area contributed by atoms with Crippen LogP contribution < -0.4 is 11.1 Å². The van der Waals surface area contributed by atoms with Crippen LogP contribution in [-0.2, 0) is 0 Å². The summed E-state index contributed by atoms with van der Waals surface area (Å²) < 4.78 is 0. The molecule has 0 fully saturated rings. The lowest BCUT2D eigenvalue weighted by Gasteiger charge is -2.00. The quantitative estimate of drug-likeness (QED) is 0.683. The Morgan fingerprint density at radius 1 is 1.43 bits per heavy atom. The molecular weight excluding hydrogens is 182 g/mol. The summed E-state index contributed by atoms with van der Waals surface area (Å²) in [6.45, 7) is 0. The van der Waals surface area contributed by atoms with Crippen LogP contribution in [0.25, 0.3) is 11.0 Å². The number of carbonyl (C=O) groups is 1. The van der Waals surface area contributed by atoms with Crippen molar-refractivity contribution in [2.75, 3.05) is 5.32 Å². The monoisotopic (exact) mass is 189 g/mol. The van der Waals surface area contributed by atoms with E-state index in [1.165, 1.54) is 6.33 Å². The Bertz CT molecular complexity index is 484. The molecule has 14 heavy (non-hydrogen) atoms. The molecule has 0 aliphatic heterocycles. The lowest BCUT2D eigenvalue weighted by molar-refractivity contribution is 0.259. The van der Waals surface area contributed by atoms with E-state index in [1.807, 2.05) is 0 Å². The van der Waals surface area contributed by atoms with Crippen molar-refractivity contribution >= 4 is 22.9 Å². The number of hydrogen-bond donors (Lipinski definition) is 2. The molecule has 0 spiro atoms. The highest BCUT2D eigenvalue weighted by Crippen LogP contribution is 2.10. The molecule has 0 radical (unpaired) electrons. The van der Waals surface area contributed by atoms with Gasteiger partial charge in [0.15, 0.2) is 5.65 Å². The van der Waals surface area contributed by atoms with Crippen molar-refractivity contribution in [3.8, 4) is 0 Å². The summed E-state index contributed by atoms with van der Waals surface area (Å²) in [5.74, 6) is 0.378. The number of pyridine rings is 1. The average Bonchev–Trinajstić information content (AvgIpc) is 2.17. The van der Waals surface area contributed by atoms with Gasteiger partial charge in [0, 0.05) is 11.6 Å². The van der Waals surface area contributed by atoms with Crippen LogP contribution in [0.15, 0.2) is 24.7 Å². The van der Waals surface area contributed by atoms with E-state index >= 15 is 0 Å². The predicted octanol–water partition coefficient (Wildman–Crippen LogP) is 0.515. The number of fused-ring (bicyclic) bond motifs is 1. The van der Waals surface area contributed by atoms with Crippen molar-refractivity contribution in [3.63, 3.8) is 0 Å². The molecule has 0 saturated carbocycles. The fourth-order valence-corrected chi connectivity index (χ4v) is 1.06. The van der Waals surface area contributed by atoms with Gasteiger partial charge in [0.1, 0.15) is 12.1 Å². The van der Waals surface area contributed by atoms with Gasteiger partial charge in [0.2, 0.25) is 0 Å². The second-order valence-electron chi connectivity index (χ2n) is 2.62. The van der Waals surface area contributed by atoms with Crippen molar-refractivity contribution < 1.29 is 4.79 Å². The van der Waals surface area contributed by atoms with Gasteiger partial charge in [-0.3, -0.25) is 5.32 Å². The minimum atomic E-state index is -0.647. The summed E-state index contributed by atoms with van der Waals surface area (Å²) in [7, 11) is 0. The van der Waals surface area contributed by atoms with Crippen LogP contribution in [0.4, 0.5) is 10.6 Å². The first-order chi connectivity index (χ1) is 6.75. The molecule has 0 aliphatic rings. The Morgan fingerprint density at radius 3 is 3.07 bits per heavy atom. The highest BCUT2D eigenvalue weighted by Gasteiger charge is 2.00. The van der Waals surface area contributed by atoms with Gasteiger partial charge in [-0.1, -0.05) is 0 Å². The Kier molecular flexibility index (Phi) is 1.94. The molecule has 3 N–H and O–H groups in total. The van der Waals surface area contributed by atoms with Crippen LogP contribution >= 0.6 is 0 Å². The maximum atomic E-state index is 10.5. The normalized spacial score (nSPS) is 10.0. The second kappa shape index (κ2) is 3.25. The number of nitrogens with zero attached hydrogens (tertiary/aromatic N) is 3. The summed E-state index contributed by atoms with van der Waals surface area (Å²) in [6.07, 6.45) is 3.03. The fourth-order valence-electron chi connectivity index (χ4n) is 1.06. The smallest absolute Gasteiger partial charge is 0.317 e. The summed E-state index contributed by atoms with van der Waals surface area (Å²) in [5, 5.41) is 3.17. The Morgan fingerprint density at radius 2 is 2.29 bits per heavy atom. The Balaban J connectivity index is 2.46. The number of amides is 2. The molecule has 0 aliphatic carbocycles. The van der Waals surface area contributed by atoms with Crippen LogP contribution in [0.2, 0.25) is 0 Å². The number of anilines is 1. The van der Waals surface area contributed by atoms with Crippen molar-refractivity contribution in [3.05, 3.63) is 24.7 Å². The molecule has 0 unspecified atom stereocenters. The zero-order valence-corrected chi connectivity index (χ0v) is 7.14. The molecular formula is C8H7N5O. The van der Waals surface area contributed by atoms with Crippen molar-refractivity contribution in [2.45, 2.75) is 0 Å². The predicted molar refractivity (Wildman–Crippen MR) is 50.5 cm³/mol. The van der Waals surface area contributed by atoms with Gasteiger partial charge < -0.3 is 5.73 Å². The summed E-state index contributed by atoms with van der Waals surface area (Å²) >= 11 is 0. The molecule has 70 valence electrons. The zero-order valence-electron chi connectivity index (χ0n) is 7.14. The van der Waals surface area contributed by atoms with Crippen molar-refractivity contribution in [1.29, 1.82) is 0 Å². The first-order valence-electron chi connectivity index (χ1n) is 3.89. The Labute approximate surface area is 79.2 Å². The van der Waals surface area contributed by atoms with E-state index in [0.717, 1.165) is 5.39 Å². The molecule has 2 aromatic rings. The van der Waals surface area contributed by atoms with Crippen LogP contribution in [0.5, 0.6) is 0 Å². The first kappa shape index (κ1) is 8.36. The van der Waals surface area contributed by atoms with E-state index in [0.29, 0.717) is 11.5 Å². The largest absolute Gasteiger partial charge is 0.351 e. The topological polar surface area (TPSA) is 93.8 Å². The van der Waals surface area contributed by atoms with Crippen LogP contribution in [0.3, 0.4) is 0 Å². The maximum absolute atomic E-state index is 10.5. The minimum absolute atomic E-state index is 0.378. The molecule has 0 bridgehead atoms. The van der Waals surface area contributed by atoms with Gasteiger partial charge in [-0.2, -0.15) is 0 Å². The molecule has 2 heterocycles. The summed E-state index contributed by atoms with van der Waals surface area (Å²) in [5.41, 5.74) is 5.47. The molecule has 6 nitrogen and oxygen atoms in total. The number of urea groups is 1. The summed E-state index contributed by atoms with van der Waals surface area (Å²) in [4.78, 5) is 22.4. The van der Waals surface area contributed by atoms with Crippen molar-refractivity contribution in [2.24, 2.45) is 5.73 Å². The highest BCUT2D eigenvalue weighted by atomic mass is 16.2. The van der Waals surface area contributed by atoms with E-state index < -0.39 is 6.03 Å². The minimum Gasteiger partial charge on any atom is -0.351 e. The summed E-state index contributed by atoms with van der Waals surface area (Å²) in [6, 6.07) is 2.75. The zero-order chi connectivity index (χ0) is 9.97. The van der Waals surface area contributed by atoms with E-state index in [1.54, 1.807) is 18.3 Å². The van der Waals surface area contributed by atoms with Gasteiger partial charge in [-0.15, -0.1) is 0 Å². The second-order valence-corrected chi connectivity index (χ2v) is 2.62. The van der Waals surface area contributed by atoms with Gasteiger partial charge in [0.25, 0.3) is 0 Å². The highest BCUT2D eigenvalue weighted by molar-refractivity contribution is 5.88. The SMILES string of the molecule is NC(=O)Nc1ccc2cncnc2n1. The van der Waals surface area contributed by atoms with E-state index in [9.17, 15) is 4.79 Å². The van der Waals surface area contributed by atoms with Crippen molar-refractivity contribution in [1.82, 2.24) is 15.0 Å². The number of rotatable bonds is 1.